The Morgan fingerprint density at radius 3 is 2.50 bits per heavy atom. The van der Waals surface area contributed by atoms with E-state index in [9.17, 15) is 9.90 Å². The summed E-state index contributed by atoms with van der Waals surface area (Å²) in [6.07, 6.45) is 5.25. The van der Waals surface area contributed by atoms with Crippen molar-refractivity contribution in [2.75, 3.05) is 38.2 Å². The number of nitrogens with one attached hydrogen (secondary N) is 1. The highest BCUT2D eigenvalue weighted by molar-refractivity contribution is 5.69. The predicted molar refractivity (Wildman–Crippen MR) is 124 cm³/mol. The SMILES string of the molecule is CCOc1ncc(Nc2cc([C@H](CC)CC(=O)O)ccc2[C@@H](CC)N2CCOCC2)cn1. The van der Waals surface area contributed by atoms with Crippen LogP contribution in [0.25, 0.3) is 0 Å². The molecule has 1 aromatic heterocycles. The van der Waals surface area contributed by atoms with Crippen LogP contribution in [0.3, 0.4) is 0 Å². The minimum atomic E-state index is -0.782. The smallest absolute Gasteiger partial charge is 0.316 e. The van der Waals surface area contributed by atoms with Gasteiger partial charge < -0.3 is 19.9 Å². The van der Waals surface area contributed by atoms with Gasteiger partial charge in [0, 0.05) is 24.8 Å². The van der Waals surface area contributed by atoms with Crippen LogP contribution < -0.4 is 10.1 Å². The number of carboxylic acids is 1. The zero-order valence-electron chi connectivity index (χ0n) is 19.2. The lowest BCUT2D eigenvalue weighted by Crippen LogP contribution is -2.39. The zero-order chi connectivity index (χ0) is 22.9. The van der Waals surface area contributed by atoms with E-state index in [1.807, 2.05) is 13.8 Å². The van der Waals surface area contributed by atoms with Crippen LogP contribution >= 0.6 is 0 Å². The molecule has 0 bridgehead atoms. The maximum atomic E-state index is 11.4. The third-order valence-electron chi connectivity index (χ3n) is 5.88. The highest BCUT2D eigenvalue weighted by Gasteiger charge is 2.25. The fraction of sp³-hybridized carbons (Fsp3) is 0.542. The van der Waals surface area contributed by atoms with Gasteiger partial charge in [-0.3, -0.25) is 9.69 Å². The van der Waals surface area contributed by atoms with Crippen LogP contribution in [-0.2, 0) is 9.53 Å². The van der Waals surface area contributed by atoms with Gasteiger partial charge in [0.15, 0.2) is 0 Å². The van der Waals surface area contributed by atoms with Crippen LogP contribution in [0.15, 0.2) is 30.6 Å². The molecule has 2 heterocycles. The number of hydrogen-bond donors (Lipinski definition) is 2. The van der Waals surface area contributed by atoms with Gasteiger partial charge in [0.25, 0.3) is 0 Å². The fourth-order valence-electron chi connectivity index (χ4n) is 4.24. The van der Waals surface area contributed by atoms with Gasteiger partial charge in [-0.05, 0) is 42.9 Å². The largest absolute Gasteiger partial charge is 0.481 e. The molecule has 1 aliphatic rings. The van der Waals surface area contributed by atoms with Gasteiger partial charge in [0.2, 0.25) is 0 Å². The summed E-state index contributed by atoms with van der Waals surface area (Å²) >= 11 is 0. The molecule has 0 amide bonds. The highest BCUT2D eigenvalue weighted by atomic mass is 16.5. The number of hydrogen-bond acceptors (Lipinski definition) is 7. The molecule has 1 aromatic carbocycles. The van der Waals surface area contributed by atoms with Crippen molar-refractivity contribution in [2.24, 2.45) is 0 Å². The van der Waals surface area contributed by atoms with Crippen LogP contribution in [0.2, 0.25) is 0 Å². The van der Waals surface area contributed by atoms with Crippen molar-refractivity contribution in [1.29, 1.82) is 0 Å². The van der Waals surface area contributed by atoms with Gasteiger partial charge in [0.1, 0.15) is 0 Å². The minimum absolute atomic E-state index is 0.0397. The Balaban J connectivity index is 1.96. The molecular formula is C24H34N4O4. The Bertz CT molecular complexity index is 869. The summed E-state index contributed by atoms with van der Waals surface area (Å²) in [5.74, 6) is -0.822. The maximum Gasteiger partial charge on any atom is 0.316 e. The lowest BCUT2D eigenvalue weighted by molar-refractivity contribution is -0.137. The molecule has 0 radical (unpaired) electrons. The van der Waals surface area contributed by atoms with Crippen LogP contribution in [0, 0.1) is 0 Å². The van der Waals surface area contributed by atoms with Crippen LogP contribution in [0.1, 0.15) is 63.1 Å². The average Bonchev–Trinajstić information content (AvgIpc) is 2.81. The highest BCUT2D eigenvalue weighted by Crippen LogP contribution is 2.36. The summed E-state index contributed by atoms with van der Waals surface area (Å²) < 4.78 is 10.9. The number of aliphatic carboxylic acids is 1. The molecule has 8 nitrogen and oxygen atoms in total. The van der Waals surface area contributed by atoms with Crippen molar-refractivity contribution in [3.8, 4) is 6.01 Å². The molecule has 0 aliphatic carbocycles. The first-order valence-electron chi connectivity index (χ1n) is 11.4. The fourth-order valence-corrected chi connectivity index (χ4v) is 4.24. The molecule has 8 heteroatoms. The summed E-state index contributed by atoms with van der Waals surface area (Å²) in [5.41, 5.74) is 3.91. The molecule has 2 atom stereocenters. The lowest BCUT2D eigenvalue weighted by atomic mass is 9.90. The first-order chi connectivity index (χ1) is 15.5. The third kappa shape index (κ3) is 6.17. The van der Waals surface area contributed by atoms with E-state index in [1.165, 1.54) is 5.56 Å². The van der Waals surface area contributed by atoms with E-state index < -0.39 is 5.97 Å². The summed E-state index contributed by atoms with van der Waals surface area (Å²) in [7, 11) is 0. The molecule has 174 valence electrons. The van der Waals surface area contributed by atoms with E-state index in [2.05, 4.69) is 45.3 Å². The summed E-state index contributed by atoms with van der Waals surface area (Å²) in [5, 5.41) is 12.8. The molecule has 2 aromatic rings. The molecule has 0 spiro atoms. The van der Waals surface area contributed by atoms with Gasteiger partial charge in [-0.2, -0.15) is 0 Å². The molecule has 3 rings (SSSR count). The van der Waals surface area contributed by atoms with Crippen molar-refractivity contribution < 1.29 is 19.4 Å². The van der Waals surface area contributed by atoms with Gasteiger partial charge >= 0.3 is 12.0 Å². The number of morpholine rings is 1. The van der Waals surface area contributed by atoms with E-state index in [0.717, 1.165) is 56.1 Å². The third-order valence-corrected chi connectivity index (χ3v) is 5.88. The Morgan fingerprint density at radius 2 is 1.91 bits per heavy atom. The van der Waals surface area contributed by atoms with E-state index in [-0.39, 0.29) is 18.4 Å². The first kappa shape index (κ1) is 23.9. The number of carboxylic acid groups (broad SMARTS) is 1. The number of benzene rings is 1. The van der Waals surface area contributed by atoms with Crippen LogP contribution in [0.4, 0.5) is 11.4 Å². The number of anilines is 2. The van der Waals surface area contributed by atoms with Gasteiger partial charge in [-0.25, -0.2) is 9.97 Å². The minimum Gasteiger partial charge on any atom is -0.481 e. The number of rotatable bonds is 11. The van der Waals surface area contributed by atoms with E-state index >= 15 is 0 Å². The second kappa shape index (κ2) is 11.8. The topological polar surface area (TPSA) is 96.8 Å². The molecular weight excluding hydrogens is 408 g/mol. The van der Waals surface area contributed by atoms with E-state index in [1.54, 1.807) is 12.4 Å². The second-order valence-electron chi connectivity index (χ2n) is 7.93. The summed E-state index contributed by atoms with van der Waals surface area (Å²) in [6.45, 7) is 9.88. The van der Waals surface area contributed by atoms with Gasteiger partial charge in [0.05, 0.1) is 44.3 Å². The lowest BCUT2D eigenvalue weighted by Gasteiger charge is -2.35. The maximum absolute atomic E-state index is 11.4. The number of nitrogens with zero attached hydrogens (tertiary/aromatic N) is 3. The average molecular weight is 443 g/mol. The first-order valence-corrected chi connectivity index (χ1v) is 11.4. The molecule has 1 aliphatic heterocycles. The quantitative estimate of drug-likeness (QED) is 0.529. The monoisotopic (exact) mass is 442 g/mol. The number of carbonyl (C=O) groups is 1. The van der Waals surface area contributed by atoms with E-state index in [4.69, 9.17) is 9.47 Å². The normalized spacial score (nSPS) is 16.3. The van der Waals surface area contributed by atoms with Crippen LogP contribution in [-0.4, -0.2) is 58.9 Å². The molecule has 1 fully saturated rings. The molecule has 0 unspecified atom stereocenters. The Morgan fingerprint density at radius 1 is 1.19 bits per heavy atom. The van der Waals surface area contributed by atoms with Crippen molar-refractivity contribution in [1.82, 2.24) is 14.9 Å². The van der Waals surface area contributed by atoms with Crippen LogP contribution in [0.5, 0.6) is 6.01 Å². The summed E-state index contributed by atoms with van der Waals surface area (Å²) in [6, 6.07) is 6.89. The predicted octanol–water partition coefficient (Wildman–Crippen LogP) is 4.37. The Hall–Kier alpha value is -2.71. The van der Waals surface area contributed by atoms with Gasteiger partial charge in [-0.1, -0.05) is 26.0 Å². The van der Waals surface area contributed by atoms with Crippen molar-refractivity contribution >= 4 is 17.3 Å². The number of ether oxygens (including phenoxy) is 2. The molecule has 0 saturated carbocycles. The molecule has 1 saturated heterocycles. The zero-order valence-corrected chi connectivity index (χ0v) is 19.2. The Labute approximate surface area is 190 Å². The van der Waals surface area contributed by atoms with E-state index in [0.29, 0.717) is 12.6 Å². The van der Waals surface area contributed by atoms with Crippen molar-refractivity contribution in [3.05, 3.63) is 41.7 Å². The Kier molecular flexibility index (Phi) is 8.81. The van der Waals surface area contributed by atoms with Crippen molar-refractivity contribution in [3.63, 3.8) is 0 Å². The second-order valence-corrected chi connectivity index (χ2v) is 7.93. The van der Waals surface area contributed by atoms with Crippen molar-refractivity contribution in [2.45, 2.75) is 52.0 Å². The molecule has 32 heavy (non-hydrogen) atoms. The van der Waals surface area contributed by atoms with Gasteiger partial charge in [-0.15, -0.1) is 0 Å². The standard InChI is InChI=1S/C24H34N4O4/c1-4-17(14-23(29)30)18-7-8-20(22(5-2)28-9-11-31-12-10-28)21(13-18)27-19-15-25-24(26-16-19)32-6-3/h7-8,13,15-17,22,27H,4-6,9-12,14H2,1-3H3,(H,29,30)/t17-,22-/m1/s1. The number of aromatic nitrogens is 2. The summed E-state index contributed by atoms with van der Waals surface area (Å²) in [4.78, 5) is 22.3. The molecule has 2 N–H and O–H groups in total.